The fourth-order valence-corrected chi connectivity index (χ4v) is 3.02. The van der Waals surface area contributed by atoms with E-state index in [1.54, 1.807) is 6.20 Å². The molecule has 2 aromatic rings. The predicted octanol–water partition coefficient (Wildman–Crippen LogP) is 2.95. The van der Waals surface area contributed by atoms with Crippen LogP contribution in [-0.2, 0) is 4.79 Å². The summed E-state index contributed by atoms with van der Waals surface area (Å²) in [7, 11) is 0. The second kappa shape index (κ2) is 6.22. The van der Waals surface area contributed by atoms with Gasteiger partial charge in [-0.1, -0.05) is 25.5 Å². The summed E-state index contributed by atoms with van der Waals surface area (Å²) < 4.78 is 0. The Morgan fingerprint density at radius 2 is 2.33 bits per heavy atom. The van der Waals surface area contributed by atoms with Crippen molar-refractivity contribution in [3.8, 4) is 0 Å². The molecule has 0 saturated carbocycles. The van der Waals surface area contributed by atoms with Gasteiger partial charge in [-0.15, -0.1) is 0 Å². The SMILES string of the molecule is CCC1CCNC(C(=O)Nc2cccc3cnccc23)C1. The molecular formula is C17H21N3O. The maximum absolute atomic E-state index is 12.5. The summed E-state index contributed by atoms with van der Waals surface area (Å²) in [5, 5.41) is 8.47. The summed E-state index contributed by atoms with van der Waals surface area (Å²) in [6.07, 6.45) is 6.81. The van der Waals surface area contributed by atoms with E-state index in [-0.39, 0.29) is 11.9 Å². The molecule has 3 rings (SSSR count). The van der Waals surface area contributed by atoms with Crippen molar-refractivity contribution in [3.63, 3.8) is 0 Å². The molecule has 1 aliphatic heterocycles. The first-order chi connectivity index (χ1) is 10.3. The van der Waals surface area contributed by atoms with Crippen molar-refractivity contribution in [2.75, 3.05) is 11.9 Å². The highest BCUT2D eigenvalue weighted by Crippen LogP contribution is 2.24. The molecular weight excluding hydrogens is 262 g/mol. The molecule has 0 spiro atoms. The van der Waals surface area contributed by atoms with Crippen LogP contribution in [0.3, 0.4) is 0 Å². The van der Waals surface area contributed by atoms with Crippen LogP contribution in [0.4, 0.5) is 5.69 Å². The number of carbonyl (C=O) groups is 1. The van der Waals surface area contributed by atoms with E-state index in [1.165, 1.54) is 6.42 Å². The molecule has 1 fully saturated rings. The fraction of sp³-hybridized carbons (Fsp3) is 0.412. The molecule has 1 aliphatic rings. The van der Waals surface area contributed by atoms with Gasteiger partial charge in [0.1, 0.15) is 0 Å². The quantitative estimate of drug-likeness (QED) is 0.910. The van der Waals surface area contributed by atoms with Crippen LogP contribution in [0.25, 0.3) is 10.8 Å². The third kappa shape index (κ3) is 3.05. The van der Waals surface area contributed by atoms with E-state index in [0.29, 0.717) is 5.92 Å². The highest BCUT2D eigenvalue weighted by atomic mass is 16.2. The number of nitrogens with zero attached hydrogens (tertiary/aromatic N) is 1. The summed E-state index contributed by atoms with van der Waals surface area (Å²) in [6.45, 7) is 3.12. The lowest BCUT2D eigenvalue weighted by Crippen LogP contribution is -2.46. The largest absolute Gasteiger partial charge is 0.324 e. The van der Waals surface area contributed by atoms with Crippen molar-refractivity contribution in [1.82, 2.24) is 10.3 Å². The number of piperidine rings is 1. The van der Waals surface area contributed by atoms with Crippen LogP contribution in [0.5, 0.6) is 0 Å². The van der Waals surface area contributed by atoms with Crippen molar-refractivity contribution >= 4 is 22.4 Å². The minimum Gasteiger partial charge on any atom is -0.324 e. The van der Waals surface area contributed by atoms with Gasteiger partial charge in [-0.05, 0) is 37.4 Å². The van der Waals surface area contributed by atoms with Crippen molar-refractivity contribution in [2.45, 2.75) is 32.2 Å². The lowest BCUT2D eigenvalue weighted by Gasteiger charge is -2.29. The molecule has 4 nitrogen and oxygen atoms in total. The number of nitrogens with one attached hydrogen (secondary N) is 2. The summed E-state index contributed by atoms with van der Waals surface area (Å²) in [5.41, 5.74) is 0.861. The molecule has 0 radical (unpaired) electrons. The van der Waals surface area contributed by atoms with Crippen LogP contribution >= 0.6 is 0 Å². The standard InChI is InChI=1S/C17H21N3O/c1-2-12-6-9-19-16(10-12)17(21)20-15-5-3-4-13-11-18-8-7-14(13)15/h3-5,7-8,11-12,16,19H,2,6,9-10H2,1H3,(H,20,21). The first-order valence-corrected chi connectivity index (χ1v) is 7.65. The molecule has 21 heavy (non-hydrogen) atoms. The van der Waals surface area contributed by atoms with Gasteiger partial charge in [0, 0.05) is 28.9 Å². The zero-order valence-corrected chi connectivity index (χ0v) is 12.3. The predicted molar refractivity (Wildman–Crippen MR) is 85.2 cm³/mol. The lowest BCUT2D eigenvalue weighted by molar-refractivity contribution is -0.119. The van der Waals surface area contributed by atoms with Crippen molar-refractivity contribution < 1.29 is 4.79 Å². The first-order valence-electron chi connectivity index (χ1n) is 7.65. The Bertz CT molecular complexity index is 635. The number of fused-ring (bicyclic) bond motifs is 1. The average Bonchev–Trinajstić information content (AvgIpc) is 2.55. The van der Waals surface area contributed by atoms with Crippen LogP contribution in [-0.4, -0.2) is 23.5 Å². The van der Waals surface area contributed by atoms with Gasteiger partial charge in [-0.2, -0.15) is 0 Å². The number of hydrogen-bond acceptors (Lipinski definition) is 3. The molecule has 2 unspecified atom stereocenters. The van der Waals surface area contributed by atoms with Gasteiger partial charge in [0.25, 0.3) is 0 Å². The van der Waals surface area contributed by atoms with Gasteiger partial charge in [-0.3, -0.25) is 9.78 Å². The van der Waals surface area contributed by atoms with Crippen LogP contribution in [0.2, 0.25) is 0 Å². The van der Waals surface area contributed by atoms with E-state index < -0.39 is 0 Å². The molecule has 1 saturated heterocycles. The van der Waals surface area contributed by atoms with Gasteiger partial charge in [0.05, 0.1) is 6.04 Å². The highest BCUT2D eigenvalue weighted by molar-refractivity contribution is 6.03. The van der Waals surface area contributed by atoms with E-state index in [1.807, 2.05) is 30.5 Å². The third-order valence-electron chi connectivity index (χ3n) is 4.34. The molecule has 1 aromatic heterocycles. The summed E-state index contributed by atoms with van der Waals surface area (Å²) in [5.74, 6) is 0.719. The van der Waals surface area contributed by atoms with Gasteiger partial charge < -0.3 is 10.6 Å². The maximum Gasteiger partial charge on any atom is 0.241 e. The van der Waals surface area contributed by atoms with Crippen LogP contribution in [0.15, 0.2) is 36.7 Å². The van der Waals surface area contributed by atoms with Crippen LogP contribution in [0, 0.1) is 5.92 Å². The summed E-state index contributed by atoms with van der Waals surface area (Å²) in [4.78, 5) is 16.6. The molecule has 4 heteroatoms. The van der Waals surface area contributed by atoms with E-state index in [4.69, 9.17) is 0 Å². The molecule has 1 aromatic carbocycles. The monoisotopic (exact) mass is 283 g/mol. The Hall–Kier alpha value is -1.94. The number of benzene rings is 1. The van der Waals surface area contributed by atoms with Gasteiger partial charge >= 0.3 is 0 Å². The topological polar surface area (TPSA) is 54.0 Å². The number of carbonyl (C=O) groups excluding carboxylic acids is 1. The Labute approximate surface area is 125 Å². The van der Waals surface area contributed by atoms with E-state index in [9.17, 15) is 4.79 Å². The maximum atomic E-state index is 12.5. The Kier molecular flexibility index (Phi) is 4.15. The number of hydrogen-bond donors (Lipinski definition) is 2. The fourth-order valence-electron chi connectivity index (χ4n) is 3.02. The van der Waals surface area contributed by atoms with Gasteiger partial charge in [-0.25, -0.2) is 0 Å². The van der Waals surface area contributed by atoms with Crippen LogP contribution in [0.1, 0.15) is 26.2 Å². The molecule has 1 amide bonds. The smallest absolute Gasteiger partial charge is 0.241 e. The summed E-state index contributed by atoms with van der Waals surface area (Å²) >= 11 is 0. The Balaban J connectivity index is 1.77. The zero-order valence-electron chi connectivity index (χ0n) is 12.3. The lowest BCUT2D eigenvalue weighted by atomic mass is 9.90. The number of pyridine rings is 1. The molecule has 0 bridgehead atoms. The number of rotatable bonds is 3. The van der Waals surface area contributed by atoms with Gasteiger partial charge in [0.15, 0.2) is 0 Å². The van der Waals surface area contributed by atoms with Crippen LogP contribution < -0.4 is 10.6 Å². The van der Waals surface area contributed by atoms with Crippen molar-refractivity contribution in [3.05, 3.63) is 36.7 Å². The van der Waals surface area contributed by atoms with E-state index in [0.717, 1.165) is 35.8 Å². The average molecular weight is 283 g/mol. The minimum absolute atomic E-state index is 0.0671. The number of aromatic nitrogens is 1. The Morgan fingerprint density at radius 3 is 3.19 bits per heavy atom. The number of anilines is 1. The zero-order chi connectivity index (χ0) is 14.7. The van der Waals surface area contributed by atoms with Crippen molar-refractivity contribution in [2.24, 2.45) is 5.92 Å². The van der Waals surface area contributed by atoms with E-state index in [2.05, 4.69) is 22.5 Å². The van der Waals surface area contributed by atoms with Crippen molar-refractivity contribution in [1.29, 1.82) is 0 Å². The Morgan fingerprint density at radius 1 is 1.43 bits per heavy atom. The van der Waals surface area contributed by atoms with E-state index >= 15 is 0 Å². The highest BCUT2D eigenvalue weighted by Gasteiger charge is 2.26. The molecule has 2 N–H and O–H groups in total. The molecule has 110 valence electrons. The molecule has 0 aliphatic carbocycles. The first kappa shape index (κ1) is 14.0. The minimum atomic E-state index is -0.0826. The second-order valence-corrected chi connectivity index (χ2v) is 5.70. The normalized spacial score (nSPS) is 22.1. The number of amides is 1. The second-order valence-electron chi connectivity index (χ2n) is 5.70. The molecule has 2 atom stereocenters. The third-order valence-corrected chi connectivity index (χ3v) is 4.34. The summed E-state index contributed by atoms with van der Waals surface area (Å²) in [6, 6.07) is 7.75. The molecule has 2 heterocycles. The van der Waals surface area contributed by atoms with Gasteiger partial charge in [0.2, 0.25) is 5.91 Å².